The van der Waals surface area contributed by atoms with E-state index in [1.165, 1.54) is 0 Å². The largest absolute Gasteiger partial charge is 0.464 e. The SMILES string of the molecule is O=C(C1CC1)N1CC[C@@H](CN2C(=O)C3(CC3)N=C2c2ccc(-c3ccc4occc4c3)s2)C1. The van der Waals surface area contributed by atoms with Crippen molar-refractivity contribution in [1.29, 1.82) is 0 Å². The van der Waals surface area contributed by atoms with Gasteiger partial charge in [-0.2, -0.15) is 0 Å². The smallest absolute Gasteiger partial charge is 0.256 e. The van der Waals surface area contributed by atoms with E-state index >= 15 is 0 Å². The minimum Gasteiger partial charge on any atom is -0.464 e. The summed E-state index contributed by atoms with van der Waals surface area (Å²) in [4.78, 5) is 36.9. The second kappa shape index (κ2) is 7.03. The highest BCUT2D eigenvalue weighted by atomic mass is 32.1. The molecule has 1 saturated heterocycles. The minimum absolute atomic E-state index is 0.152. The summed E-state index contributed by atoms with van der Waals surface area (Å²) in [5.74, 6) is 1.87. The molecule has 168 valence electrons. The Hall–Kier alpha value is -2.93. The van der Waals surface area contributed by atoms with E-state index in [0.29, 0.717) is 18.4 Å². The van der Waals surface area contributed by atoms with Gasteiger partial charge in [-0.05, 0) is 80.0 Å². The summed E-state index contributed by atoms with van der Waals surface area (Å²) in [5, 5.41) is 1.08. The number of carbonyl (C=O) groups excluding carboxylic acids is 2. The Morgan fingerprint density at radius 2 is 1.97 bits per heavy atom. The third kappa shape index (κ3) is 3.24. The number of fused-ring (bicyclic) bond motifs is 1. The van der Waals surface area contributed by atoms with Crippen molar-refractivity contribution >= 4 is 40.0 Å². The van der Waals surface area contributed by atoms with Crippen LogP contribution in [-0.4, -0.2) is 52.6 Å². The highest BCUT2D eigenvalue weighted by Gasteiger charge is 2.57. The first-order valence-electron chi connectivity index (χ1n) is 11.9. The van der Waals surface area contributed by atoms with Crippen LogP contribution < -0.4 is 0 Å². The Kier molecular flexibility index (Phi) is 4.16. The number of benzene rings is 1. The maximum absolute atomic E-state index is 13.3. The van der Waals surface area contributed by atoms with Gasteiger partial charge in [0.05, 0.1) is 11.1 Å². The Balaban J connectivity index is 1.14. The lowest BCUT2D eigenvalue weighted by Gasteiger charge is -2.23. The maximum Gasteiger partial charge on any atom is 0.256 e. The fraction of sp³-hybridized carbons (Fsp3) is 0.423. The number of furan rings is 1. The predicted octanol–water partition coefficient (Wildman–Crippen LogP) is 4.54. The van der Waals surface area contributed by atoms with Crippen LogP contribution in [0.15, 0.2) is 52.1 Å². The number of rotatable bonds is 5. The van der Waals surface area contributed by atoms with Crippen molar-refractivity contribution in [2.45, 2.75) is 37.6 Å². The summed E-state index contributed by atoms with van der Waals surface area (Å²) in [6.07, 6.45) is 6.44. The quantitative estimate of drug-likeness (QED) is 0.563. The van der Waals surface area contributed by atoms with Gasteiger partial charge in [0.1, 0.15) is 17.0 Å². The van der Waals surface area contributed by atoms with E-state index in [4.69, 9.17) is 9.41 Å². The number of thiophene rings is 1. The molecule has 1 atom stereocenters. The number of aliphatic imine (C=N–C) groups is 1. The molecule has 0 radical (unpaired) electrons. The highest BCUT2D eigenvalue weighted by Crippen LogP contribution is 2.47. The summed E-state index contributed by atoms with van der Waals surface area (Å²) in [7, 11) is 0. The van der Waals surface area contributed by atoms with E-state index in [-0.39, 0.29) is 11.8 Å². The van der Waals surface area contributed by atoms with Crippen LogP contribution in [0.1, 0.15) is 37.0 Å². The number of amidine groups is 1. The Bertz CT molecular complexity index is 1310. The predicted molar refractivity (Wildman–Crippen MR) is 127 cm³/mol. The van der Waals surface area contributed by atoms with Gasteiger partial charge in [-0.15, -0.1) is 11.3 Å². The third-order valence-corrected chi connectivity index (χ3v) is 8.60. The van der Waals surface area contributed by atoms with Crippen molar-refractivity contribution in [2.24, 2.45) is 16.8 Å². The van der Waals surface area contributed by atoms with Crippen molar-refractivity contribution in [2.75, 3.05) is 19.6 Å². The zero-order valence-electron chi connectivity index (χ0n) is 18.3. The molecule has 0 N–H and O–H groups in total. The van der Waals surface area contributed by atoms with Gasteiger partial charge in [-0.3, -0.25) is 19.5 Å². The molecule has 2 aromatic heterocycles. The van der Waals surface area contributed by atoms with Crippen LogP contribution in [-0.2, 0) is 9.59 Å². The normalized spacial score (nSPS) is 23.7. The number of carbonyl (C=O) groups is 2. The molecule has 1 aromatic carbocycles. The molecule has 0 bridgehead atoms. The molecule has 7 heteroatoms. The van der Waals surface area contributed by atoms with E-state index in [0.717, 1.165) is 77.3 Å². The Morgan fingerprint density at radius 1 is 1.12 bits per heavy atom. The Morgan fingerprint density at radius 3 is 2.79 bits per heavy atom. The van der Waals surface area contributed by atoms with E-state index in [1.807, 2.05) is 21.9 Å². The summed E-state index contributed by atoms with van der Waals surface area (Å²) >= 11 is 1.68. The second-order valence-corrected chi connectivity index (χ2v) is 11.0. The van der Waals surface area contributed by atoms with Gasteiger partial charge in [0.15, 0.2) is 0 Å². The third-order valence-electron chi connectivity index (χ3n) is 7.47. The molecule has 6 nitrogen and oxygen atoms in total. The van der Waals surface area contributed by atoms with Crippen LogP contribution in [0.4, 0.5) is 0 Å². The molecule has 3 aromatic rings. The van der Waals surface area contributed by atoms with Crippen molar-refractivity contribution in [1.82, 2.24) is 9.80 Å². The van der Waals surface area contributed by atoms with Crippen LogP contribution in [0.3, 0.4) is 0 Å². The van der Waals surface area contributed by atoms with Gasteiger partial charge in [-0.1, -0.05) is 0 Å². The first kappa shape index (κ1) is 19.5. The summed E-state index contributed by atoms with van der Waals surface area (Å²) in [6.45, 7) is 2.24. The average molecular weight is 460 g/mol. The lowest BCUT2D eigenvalue weighted by atomic mass is 10.1. The van der Waals surface area contributed by atoms with Crippen LogP contribution in [0, 0.1) is 11.8 Å². The van der Waals surface area contributed by atoms with Crippen LogP contribution in [0.2, 0.25) is 0 Å². The molecule has 2 amide bonds. The molecule has 3 fully saturated rings. The lowest BCUT2D eigenvalue weighted by molar-refractivity contribution is -0.131. The molecule has 4 heterocycles. The first-order chi connectivity index (χ1) is 16.1. The zero-order valence-corrected chi connectivity index (χ0v) is 19.1. The van der Waals surface area contributed by atoms with Crippen molar-refractivity contribution in [3.05, 3.63) is 47.5 Å². The maximum atomic E-state index is 13.3. The monoisotopic (exact) mass is 459 g/mol. The molecule has 2 aliphatic carbocycles. The minimum atomic E-state index is -0.517. The van der Waals surface area contributed by atoms with Gasteiger partial charge in [0.2, 0.25) is 5.91 Å². The molecule has 4 aliphatic rings. The lowest BCUT2D eigenvalue weighted by Crippen LogP contribution is -2.40. The molecule has 2 aliphatic heterocycles. The van der Waals surface area contributed by atoms with Gasteiger partial charge in [0.25, 0.3) is 5.91 Å². The first-order valence-corrected chi connectivity index (χ1v) is 12.7. The summed E-state index contributed by atoms with van der Waals surface area (Å²) < 4.78 is 5.47. The molecular weight excluding hydrogens is 434 g/mol. The summed E-state index contributed by atoms with van der Waals surface area (Å²) in [5.41, 5.74) is 1.51. The molecule has 7 rings (SSSR count). The average Bonchev–Trinajstić information content (AvgIpc) is 3.59. The Labute approximate surface area is 195 Å². The van der Waals surface area contributed by atoms with Gasteiger partial charge < -0.3 is 9.32 Å². The number of nitrogens with zero attached hydrogens (tertiary/aromatic N) is 3. The number of likely N-dealkylation sites (tertiary alicyclic amines) is 1. The second-order valence-electron chi connectivity index (χ2n) is 9.93. The van der Waals surface area contributed by atoms with Crippen molar-refractivity contribution < 1.29 is 14.0 Å². The van der Waals surface area contributed by atoms with E-state index in [9.17, 15) is 9.59 Å². The van der Waals surface area contributed by atoms with Crippen LogP contribution in [0.5, 0.6) is 0 Å². The van der Waals surface area contributed by atoms with Crippen molar-refractivity contribution in [3.63, 3.8) is 0 Å². The number of hydrogen-bond donors (Lipinski definition) is 0. The molecule has 2 saturated carbocycles. The summed E-state index contributed by atoms with van der Waals surface area (Å²) in [6, 6.07) is 12.4. The van der Waals surface area contributed by atoms with Crippen LogP contribution >= 0.6 is 11.3 Å². The zero-order chi connectivity index (χ0) is 22.2. The van der Waals surface area contributed by atoms with E-state index < -0.39 is 5.54 Å². The highest BCUT2D eigenvalue weighted by molar-refractivity contribution is 7.17. The molecular formula is C26H25N3O3S. The molecule has 33 heavy (non-hydrogen) atoms. The fourth-order valence-corrected chi connectivity index (χ4v) is 6.22. The fourth-order valence-electron chi connectivity index (χ4n) is 5.22. The van der Waals surface area contributed by atoms with E-state index in [1.54, 1.807) is 17.6 Å². The van der Waals surface area contributed by atoms with Gasteiger partial charge >= 0.3 is 0 Å². The topological polar surface area (TPSA) is 66.1 Å². The number of hydrogen-bond acceptors (Lipinski definition) is 5. The van der Waals surface area contributed by atoms with Gasteiger partial charge in [0, 0.05) is 35.8 Å². The van der Waals surface area contributed by atoms with Crippen LogP contribution in [0.25, 0.3) is 21.4 Å². The number of amides is 2. The molecule has 1 spiro atoms. The standard InChI is InChI=1S/C26H25N3O3S/c30-24(17-1-2-17)28-11-7-16(14-28)15-29-23(27-26(9-10-26)25(29)31)22-6-5-21(33-22)19-3-4-20-18(13-19)8-12-32-20/h3-6,8,12-13,16-17H,1-2,7,9-11,14-15H2/t16-/m1/s1. The molecule has 0 unspecified atom stereocenters. The van der Waals surface area contributed by atoms with E-state index in [2.05, 4.69) is 24.3 Å². The van der Waals surface area contributed by atoms with Crippen molar-refractivity contribution in [3.8, 4) is 10.4 Å². The van der Waals surface area contributed by atoms with Gasteiger partial charge in [-0.25, -0.2) is 0 Å².